The first-order chi connectivity index (χ1) is 8.20. The maximum Gasteiger partial charge on any atom is 0.253 e. The molecule has 2 N–H and O–H groups in total. The summed E-state index contributed by atoms with van der Waals surface area (Å²) in [5, 5.41) is 5.50. The molecule has 0 saturated heterocycles. The Labute approximate surface area is 100 Å². The summed E-state index contributed by atoms with van der Waals surface area (Å²) in [6.07, 6.45) is 0. The quantitative estimate of drug-likeness (QED) is 0.743. The number of hydrogen-bond donors (Lipinski definition) is 2. The summed E-state index contributed by atoms with van der Waals surface area (Å²) < 4.78 is 18.3. The molecular formula is C12H17FN2O2. The van der Waals surface area contributed by atoms with Crippen LogP contribution >= 0.6 is 0 Å². The SMILES string of the molecule is CCNc1c(F)cccc1C(=O)NCCOC. The van der Waals surface area contributed by atoms with Crippen LogP contribution in [0.1, 0.15) is 17.3 Å². The highest BCUT2D eigenvalue weighted by molar-refractivity contribution is 5.99. The van der Waals surface area contributed by atoms with Gasteiger partial charge < -0.3 is 15.4 Å². The molecule has 94 valence electrons. The van der Waals surface area contributed by atoms with E-state index < -0.39 is 5.82 Å². The largest absolute Gasteiger partial charge is 0.383 e. The number of methoxy groups -OCH3 is 1. The molecule has 0 atom stereocenters. The van der Waals surface area contributed by atoms with E-state index in [0.29, 0.717) is 25.3 Å². The molecule has 1 aromatic carbocycles. The van der Waals surface area contributed by atoms with Crippen LogP contribution in [0.4, 0.5) is 10.1 Å². The number of rotatable bonds is 6. The van der Waals surface area contributed by atoms with Crippen LogP contribution < -0.4 is 10.6 Å². The van der Waals surface area contributed by atoms with Gasteiger partial charge >= 0.3 is 0 Å². The molecule has 0 unspecified atom stereocenters. The Hall–Kier alpha value is -1.62. The third-order valence-corrected chi connectivity index (χ3v) is 2.20. The van der Waals surface area contributed by atoms with Crippen molar-refractivity contribution in [2.24, 2.45) is 0 Å². The number of anilines is 1. The van der Waals surface area contributed by atoms with Crippen molar-refractivity contribution in [2.45, 2.75) is 6.92 Å². The van der Waals surface area contributed by atoms with Gasteiger partial charge in [-0.15, -0.1) is 0 Å². The van der Waals surface area contributed by atoms with Gasteiger partial charge in [-0.2, -0.15) is 0 Å². The molecule has 0 spiro atoms. The maximum absolute atomic E-state index is 13.5. The minimum atomic E-state index is -0.425. The highest BCUT2D eigenvalue weighted by atomic mass is 19.1. The lowest BCUT2D eigenvalue weighted by atomic mass is 10.1. The molecule has 5 heteroatoms. The number of nitrogens with one attached hydrogen (secondary N) is 2. The first-order valence-electron chi connectivity index (χ1n) is 5.50. The van der Waals surface area contributed by atoms with Crippen LogP contribution in [0.5, 0.6) is 0 Å². The number of benzene rings is 1. The predicted octanol–water partition coefficient (Wildman–Crippen LogP) is 1.63. The molecular weight excluding hydrogens is 223 g/mol. The van der Waals surface area contributed by atoms with Crippen molar-refractivity contribution < 1.29 is 13.9 Å². The normalized spacial score (nSPS) is 10.1. The zero-order valence-corrected chi connectivity index (χ0v) is 10.0. The highest BCUT2D eigenvalue weighted by Crippen LogP contribution is 2.19. The van der Waals surface area contributed by atoms with E-state index in [4.69, 9.17) is 4.74 Å². The smallest absolute Gasteiger partial charge is 0.253 e. The highest BCUT2D eigenvalue weighted by Gasteiger charge is 2.13. The van der Waals surface area contributed by atoms with Gasteiger partial charge in [-0.1, -0.05) is 6.07 Å². The van der Waals surface area contributed by atoms with Crippen molar-refractivity contribution in [1.82, 2.24) is 5.32 Å². The van der Waals surface area contributed by atoms with E-state index in [2.05, 4.69) is 10.6 Å². The molecule has 4 nitrogen and oxygen atoms in total. The van der Waals surface area contributed by atoms with E-state index in [-0.39, 0.29) is 11.6 Å². The lowest BCUT2D eigenvalue weighted by molar-refractivity contribution is 0.0937. The van der Waals surface area contributed by atoms with Gasteiger partial charge in [-0.25, -0.2) is 4.39 Å². The van der Waals surface area contributed by atoms with Crippen LogP contribution in [-0.2, 0) is 4.74 Å². The second-order valence-electron chi connectivity index (χ2n) is 3.44. The average Bonchev–Trinajstić information content (AvgIpc) is 2.32. The molecule has 0 aliphatic heterocycles. The Bertz CT molecular complexity index is 383. The van der Waals surface area contributed by atoms with E-state index >= 15 is 0 Å². The van der Waals surface area contributed by atoms with E-state index in [1.807, 2.05) is 6.92 Å². The molecule has 1 aromatic rings. The predicted molar refractivity (Wildman–Crippen MR) is 64.8 cm³/mol. The van der Waals surface area contributed by atoms with E-state index in [9.17, 15) is 9.18 Å². The molecule has 0 saturated carbocycles. The third kappa shape index (κ3) is 3.71. The average molecular weight is 240 g/mol. The number of halogens is 1. The van der Waals surface area contributed by atoms with Gasteiger partial charge in [-0.05, 0) is 19.1 Å². The molecule has 0 aliphatic rings. The summed E-state index contributed by atoms with van der Waals surface area (Å²) in [6, 6.07) is 4.43. The minimum Gasteiger partial charge on any atom is -0.383 e. The van der Waals surface area contributed by atoms with Crippen LogP contribution in [0.3, 0.4) is 0 Å². The Balaban J connectivity index is 2.81. The van der Waals surface area contributed by atoms with Crippen LogP contribution in [0, 0.1) is 5.82 Å². The van der Waals surface area contributed by atoms with E-state index in [1.54, 1.807) is 13.2 Å². The molecule has 1 rings (SSSR count). The molecule has 0 bridgehead atoms. The number of amides is 1. The Morgan fingerprint density at radius 1 is 1.47 bits per heavy atom. The zero-order valence-electron chi connectivity index (χ0n) is 10.0. The number of carbonyl (C=O) groups excluding carboxylic acids is 1. The second-order valence-corrected chi connectivity index (χ2v) is 3.44. The van der Waals surface area contributed by atoms with Crippen LogP contribution in [0.15, 0.2) is 18.2 Å². The topological polar surface area (TPSA) is 50.4 Å². The summed E-state index contributed by atoms with van der Waals surface area (Å²) in [6.45, 7) is 3.23. The number of hydrogen-bond acceptors (Lipinski definition) is 3. The summed E-state index contributed by atoms with van der Waals surface area (Å²) in [5.41, 5.74) is 0.549. The van der Waals surface area contributed by atoms with Crippen molar-refractivity contribution in [3.63, 3.8) is 0 Å². The fraction of sp³-hybridized carbons (Fsp3) is 0.417. The van der Waals surface area contributed by atoms with Gasteiger partial charge in [0.15, 0.2) is 0 Å². The van der Waals surface area contributed by atoms with Crippen LogP contribution in [-0.4, -0.2) is 32.7 Å². The lowest BCUT2D eigenvalue weighted by Crippen LogP contribution is -2.28. The number of carbonyl (C=O) groups is 1. The lowest BCUT2D eigenvalue weighted by Gasteiger charge is -2.11. The molecule has 0 radical (unpaired) electrons. The zero-order chi connectivity index (χ0) is 12.7. The van der Waals surface area contributed by atoms with Crippen molar-refractivity contribution in [3.05, 3.63) is 29.6 Å². The Morgan fingerprint density at radius 3 is 2.88 bits per heavy atom. The molecule has 1 amide bonds. The monoisotopic (exact) mass is 240 g/mol. The summed E-state index contributed by atoms with van der Waals surface area (Å²) in [4.78, 5) is 11.8. The second kappa shape index (κ2) is 6.85. The molecule has 17 heavy (non-hydrogen) atoms. The van der Waals surface area contributed by atoms with E-state index in [0.717, 1.165) is 0 Å². The third-order valence-electron chi connectivity index (χ3n) is 2.20. The summed E-state index contributed by atoms with van der Waals surface area (Å²) in [7, 11) is 1.55. The molecule has 0 aromatic heterocycles. The van der Waals surface area contributed by atoms with Crippen molar-refractivity contribution >= 4 is 11.6 Å². The van der Waals surface area contributed by atoms with Crippen LogP contribution in [0.25, 0.3) is 0 Å². The molecule has 0 fully saturated rings. The van der Waals surface area contributed by atoms with Gasteiger partial charge in [0.05, 0.1) is 17.9 Å². The molecule has 0 heterocycles. The van der Waals surface area contributed by atoms with Gasteiger partial charge in [0, 0.05) is 20.2 Å². The Morgan fingerprint density at radius 2 is 2.24 bits per heavy atom. The number of ether oxygens (including phenoxy) is 1. The van der Waals surface area contributed by atoms with Crippen molar-refractivity contribution in [2.75, 3.05) is 32.1 Å². The summed E-state index contributed by atoms with van der Waals surface area (Å²) in [5.74, 6) is -0.733. The maximum atomic E-state index is 13.5. The first-order valence-corrected chi connectivity index (χ1v) is 5.50. The van der Waals surface area contributed by atoms with Gasteiger partial charge in [0.25, 0.3) is 5.91 Å². The fourth-order valence-corrected chi connectivity index (χ4v) is 1.43. The number of para-hydroxylation sites is 1. The Kier molecular flexibility index (Phi) is 5.42. The van der Waals surface area contributed by atoms with Gasteiger partial charge in [-0.3, -0.25) is 4.79 Å². The first kappa shape index (κ1) is 13.4. The summed E-state index contributed by atoms with van der Waals surface area (Å²) >= 11 is 0. The van der Waals surface area contributed by atoms with Crippen molar-refractivity contribution in [1.29, 1.82) is 0 Å². The van der Waals surface area contributed by atoms with Crippen LogP contribution in [0.2, 0.25) is 0 Å². The standard InChI is InChI=1S/C12H17FN2O2/c1-3-14-11-9(5-4-6-10(11)13)12(16)15-7-8-17-2/h4-6,14H,3,7-8H2,1-2H3,(H,15,16). The van der Waals surface area contributed by atoms with Gasteiger partial charge in [0.2, 0.25) is 0 Å². The fourth-order valence-electron chi connectivity index (χ4n) is 1.43. The van der Waals surface area contributed by atoms with Gasteiger partial charge in [0.1, 0.15) is 5.82 Å². The van der Waals surface area contributed by atoms with E-state index in [1.165, 1.54) is 12.1 Å². The molecule has 0 aliphatic carbocycles. The van der Waals surface area contributed by atoms with Crippen molar-refractivity contribution in [3.8, 4) is 0 Å². The minimum absolute atomic E-state index is 0.241.